The van der Waals surface area contributed by atoms with Gasteiger partial charge in [0.05, 0.1) is 6.04 Å². The Morgan fingerprint density at radius 3 is 2.87 bits per heavy atom. The fourth-order valence-electron chi connectivity index (χ4n) is 1.33. The number of carbonyl (C=O) groups is 1. The van der Waals surface area contributed by atoms with Gasteiger partial charge in [0.15, 0.2) is 0 Å². The van der Waals surface area contributed by atoms with E-state index in [1.165, 1.54) is 0 Å². The first-order valence-electron chi connectivity index (χ1n) is 5.14. The number of nitrogens with two attached hydrogens (primary N) is 1. The second kappa shape index (κ2) is 5.88. The fraction of sp³-hybridized carbons (Fsp3) is 0.545. The zero-order valence-corrected chi connectivity index (χ0v) is 10.0. The van der Waals surface area contributed by atoms with Crippen molar-refractivity contribution in [2.75, 3.05) is 0 Å². The average Bonchev–Trinajstić information content (AvgIpc) is 2.65. The summed E-state index contributed by atoms with van der Waals surface area (Å²) in [5, 5.41) is 6.85. The van der Waals surface area contributed by atoms with Gasteiger partial charge in [0, 0.05) is 6.54 Å². The van der Waals surface area contributed by atoms with Crippen molar-refractivity contribution in [1.29, 1.82) is 0 Å². The first kappa shape index (κ1) is 12.2. The minimum absolute atomic E-state index is 0.0603. The number of hydrogen-bond donors (Lipinski definition) is 2. The number of nitrogens with one attached hydrogen (secondary N) is 1. The van der Waals surface area contributed by atoms with Crippen LogP contribution in [0.25, 0.3) is 0 Å². The maximum Gasteiger partial charge on any atom is 0.237 e. The van der Waals surface area contributed by atoms with Crippen LogP contribution in [-0.2, 0) is 11.3 Å². The molecule has 0 aromatic carbocycles. The van der Waals surface area contributed by atoms with Crippen LogP contribution in [0.2, 0.25) is 0 Å². The third-order valence-corrected chi connectivity index (χ3v) is 2.84. The zero-order valence-electron chi connectivity index (χ0n) is 9.19. The molecule has 3 N–H and O–H groups in total. The Balaban J connectivity index is 2.29. The predicted octanol–water partition coefficient (Wildman–Crippen LogP) is 1.74. The largest absolute Gasteiger partial charge is 0.351 e. The second-order valence-electron chi connectivity index (χ2n) is 4.09. The highest BCUT2D eigenvalue weighted by Gasteiger charge is 2.14. The Kier molecular flexibility index (Phi) is 4.78. The molecule has 0 radical (unpaired) electrons. The summed E-state index contributed by atoms with van der Waals surface area (Å²) in [5.74, 6) is 0.391. The van der Waals surface area contributed by atoms with Crippen LogP contribution in [0.15, 0.2) is 16.8 Å². The van der Waals surface area contributed by atoms with Crippen molar-refractivity contribution in [3.63, 3.8) is 0 Å². The van der Waals surface area contributed by atoms with Crippen LogP contribution in [0.5, 0.6) is 0 Å². The Bertz CT molecular complexity index is 296. The van der Waals surface area contributed by atoms with E-state index < -0.39 is 0 Å². The standard InChI is InChI=1S/C11H18N2OS/c1-8(2)5-10(12)11(14)13-6-9-3-4-15-7-9/h3-4,7-8,10H,5-6,12H2,1-2H3,(H,13,14)/t10-/m1/s1. The van der Waals surface area contributed by atoms with Crippen molar-refractivity contribution in [3.05, 3.63) is 22.4 Å². The lowest BCUT2D eigenvalue weighted by Gasteiger charge is -2.13. The summed E-state index contributed by atoms with van der Waals surface area (Å²) in [6.45, 7) is 4.70. The molecule has 0 saturated carbocycles. The third kappa shape index (κ3) is 4.44. The highest BCUT2D eigenvalue weighted by atomic mass is 32.1. The molecule has 1 aromatic rings. The van der Waals surface area contributed by atoms with Gasteiger partial charge in [-0.2, -0.15) is 11.3 Å². The Labute approximate surface area is 94.7 Å². The van der Waals surface area contributed by atoms with Crippen LogP contribution >= 0.6 is 11.3 Å². The quantitative estimate of drug-likeness (QED) is 0.803. The second-order valence-corrected chi connectivity index (χ2v) is 4.87. The molecule has 0 fully saturated rings. The van der Waals surface area contributed by atoms with Crippen molar-refractivity contribution in [2.24, 2.45) is 11.7 Å². The minimum Gasteiger partial charge on any atom is -0.351 e. The molecule has 0 saturated heterocycles. The number of carbonyl (C=O) groups excluding carboxylic acids is 1. The maximum atomic E-state index is 11.5. The molecule has 84 valence electrons. The molecule has 0 bridgehead atoms. The van der Waals surface area contributed by atoms with Crippen LogP contribution in [0.4, 0.5) is 0 Å². The summed E-state index contributed by atoms with van der Waals surface area (Å²) < 4.78 is 0. The number of thiophene rings is 1. The van der Waals surface area contributed by atoms with Crippen LogP contribution in [0, 0.1) is 5.92 Å². The van der Waals surface area contributed by atoms with E-state index in [1.54, 1.807) is 11.3 Å². The monoisotopic (exact) mass is 226 g/mol. The van der Waals surface area contributed by atoms with Gasteiger partial charge in [0.2, 0.25) is 5.91 Å². The molecule has 0 spiro atoms. The number of amides is 1. The van der Waals surface area contributed by atoms with E-state index in [9.17, 15) is 4.79 Å². The fourth-order valence-corrected chi connectivity index (χ4v) is 2.00. The summed E-state index contributed by atoms with van der Waals surface area (Å²) in [7, 11) is 0. The first-order chi connectivity index (χ1) is 7.09. The normalized spacial score (nSPS) is 12.8. The lowest BCUT2D eigenvalue weighted by molar-refractivity contribution is -0.122. The molecule has 3 nitrogen and oxygen atoms in total. The summed E-state index contributed by atoms with van der Waals surface area (Å²) in [4.78, 5) is 11.5. The zero-order chi connectivity index (χ0) is 11.3. The molecular weight excluding hydrogens is 208 g/mol. The van der Waals surface area contributed by atoms with Crippen LogP contribution < -0.4 is 11.1 Å². The van der Waals surface area contributed by atoms with E-state index in [2.05, 4.69) is 19.2 Å². The van der Waals surface area contributed by atoms with Gasteiger partial charge in [-0.05, 0) is 34.7 Å². The SMILES string of the molecule is CC(C)C[C@@H](N)C(=O)NCc1ccsc1. The maximum absolute atomic E-state index is 11.5. The van der Waals surface area contributed by atoms with E-state index >= 15 is 0 Å². The van der Waals surface area contributed by atoms with Crippen LogP contribution in [-0.4, -0.2) is 11.9 Å². The van der Waals surface area contributed by atoms with E-state index in [0.29, 0.717) is 12.5 Å². The molecule has 0 aliphatic carbocycles. The molecular formula is C11H18N2OS. The van der Waals surface area contributed by atoms with Gasteiger partial charge in [-0.3, -0.25) is 4.79 Å². The van der Waals surface area contributed by atoms with Crippen molar-refractivity contribution < 1.29 is 4.79 Å². The molecule has 15 heavy (non-hydrogen) atoms. The molecule has 0 unspecified atom stereocenters. The lowest BCUT2D eigenvalue weighted by Crippen LogP contribution is -2.40. The molecule has 1 atom stereocenters. The predicted molar refractivity (Wildman–Crippen MR) is 63.6 cm³/mol. The number of rotatable bonds is 5. The van der Waals surface area contributed by atoms with Gasteiger partial charge in [0.1, 0.15) is 0 Å². The Morgan fingerprint density at radius 2 is 2.33 bits per heavy atom. The smallest absolute Gasteiger partial charge is 0.237 e. The number of hydrogen-bond acceptors (Lipinski definition) is 3. The first-order valence-corrected chi connectivity index (χ1v) is 6.08. The van der Waals surface area contributed by atoms with Crippen LogP contribution in [0.3, 0.4) is 0 Å². The molecule has 1 heterocycles. The van der Waals surface area contributed by atoms with Crippen molar-refractivity contribution >= 4 is 17.2 Å². The molecule has 0 aliphatic heterocycles. The van der Waals surface area contributed by atoms with Crippen molar-refractivity contribution in [1.82, 2.24) is 5.32 Å². The van der Waals surface area contributed by atoms with Gasteiger partial charge in [-0.1, -0.05) is 13.8 Å². The molecule has 1 rings (SSSR count). The van der Waals surface area contributed by atoms with E-state index in [-0.39, 0.29) is 11.9 Å². The Morgan fingerprint density at radius 1 is 1.60 bits per heavy atom. The summed E-state index contributed by atoms with van der Waals surface area (Å²) >= 11 is 1.63. The lowest BCUT2D eigenvalue weighted by atomic mass is 10.0. The highest BCUT2D eigenvalue weighted by Crippen LogP contribution is 2.06. The van der Waals surface area contributed by atoms with Gasteiger partial charge in [-0.25, -0.2) is 0 Å². The van der Waals surface area contributed by atoms with Gasteiger partial charge in [-0.15, -0.1) is 0 Å². The highest BCUT2D eigenvalue weighted by molar-refractivity contribution is 7.07. The van der Waals surface area contributed by atoms with Crippen molar-refractivity contribution in [2.45, 2.75) is 32.9 Å². The molecule has 1 aromatic heterocycles. The topological polar surface area (TPSA) is 55.1 Å². The summed E-state index contributed by atoms with van der Waals surface area (Å²) in [6.07, 6.45) is 0.732. The molecule has 0 aliphatic rings. The average molecular weight is 226 g/mol. The molecule has 1 amide bonds. The summed E-state index contributed by atoms with van der Waals surface area (Å²) in [6, 6.07) is 1.61. The Hall–Kier alpha value is -0.870. The van der Waals surface area contributed by atoms with Gasteiger partial charge < -0.3 is 11.1 Å². The minimum atomic E-state index is -0.386. The van der Waals surface area contributed by atoms with Gasteiger partial charge in [0.25, 0.3) is 0 Å². The van der Waals surface area contributed by atoms with E-state index in [4.69, 9.17) is 5.73 Å². The van der Waals surface area contributed by atoms with Gasteiger partial charge >= 0.3 is 0 Å². The van der Waals surface area contributed by atoms with E-state index in [0.717, 1.165) is 12.0 Å². The van der Waals surface area contributed by atoms with Crippen LogP contribution in [0.1, 0.15) is 25.8 Å². The van der Waals surface area contributed by atoms with Crippen molar-refractivity contribution in [3.8, 4) is 0 Å². The third-order valence-electron chi connectivity index (χ3n) is 2.11. The van der Waals surface area contributed by atoms with E-state index in [1.807, 2.05) is 16.8 Å². The summed E-state index contributed by atoms with van der Waals surface area (Å²) in [5.41, 5.74) is 6.88. The molecule has 4 heteroatoms.